The number of amides is 2. The number of likely N-dealkylation sites (tertiary alicyclic amines) is 1. The highest BCUT2D eigenvalue weighted by Crippen LogP contribution is 2.33. The van der Waals surface area contributed by atoms with E-state index in [1.807, 2.05) is 34.2 Å². The van der Waals surface area contributed by atoms with Crippen molar-refractivity contribution >= 4 is 11.8 Å². The summed E-state index contributed by atoms with van der Waals surface area (Å²) < 4.78 is 0. The van der Waals surface area contributed by atoms with Gasteiger partial charge >= 0.3 is 0 Å². The summed E-state index contributed by atoms with van der Waals surface area (Å²) in [5.74, 6) is 0.221. The van der Waals surface area contributed by atoms with Crippen LogP contribution in [0.1, 0.15) is 31.4 Å². The number of nitrogens with zero attached hydrogens (tertiary/aromatic N) is 4. The van der Waals surface area contributed by atoms with E-state index in [9.17, 15) is 9.59 Å². The lowest BCUT2D eigenvalue weighted by atomic mass is 10.1. The molecule has 2 saturated heterocycles. The predicted molar refractivity (Wildman–Crippen MR) is 93.6 cm³/mol. The molecule has 1 saturated carbocycles. The van der Waals surface area contributed by atoms with E-state index in [0.717, 1.165) is 57.7 Å². The normalized spacial score (nSPS) is 25.3. The second-order valence-electron chi connectivity index (χ2n) is 7.45. The fourth-order valence-electron chi connectivity index (χ4n) is 3.96. The van der Waals surface area contributed by atoms with Crippen LogP contribution in [-0.2, 0) is 16.1 Å². The fraction of sp³-hybridized carbons (Fsp3) is 0.632. The Morgan fingerprint density at radius 2 is 2.04 bits per heavy atom. The zero-order valence-electron chi connectivity index (χ0n) is 14.6. The molecular formula is C19H26N4O2. The highest BCUT2D eigenvalue weighted by Gasteiger charge is 2.42. The second-order valence-corrected chi connectivity index (χ2v) is 7.45. The van der Waals surface area contributed by atoms with E-state index in [-0.39, 0.29) is 17.7 Å². The van der Waals surface area contributed by atoms with Gasteiger partial charge in [0.2, 0.25) is 11.8 Å². The zero-order valence-corrected chi connectivity index (χ0v) is 14.6. The Bertz CT molecular complexity index is 632. The molecule has 3 aliphatic rings. The van der Waals surface area contributed by atoms with Gasteiger partial charge in [0.1, 0.15) is 0 Å². The van der Waals surface area contributed by atoms with Gasteiger partial charge in [-0.05, 0) is 31.4 Å². The van der Waals surface area contributed by atoms with Crippen LogP contribution in [0.3, 0.4) is 0 Å². The van der Waals surface area contributed by atoms with E-state index < -0.39 is 0 Å². The minimum atomic E-state index is -0.129. The zero-order chi connectivity index (χ0) is 17.2. The first-order valence-electron chi connectivity index (χ1n) is 9.41. The molecule has 0 radical (unpaired) electrons. The lowest BCUT2D eigenvalue weighted by Crippen LogP contribution is -2.40. The third-order valence-electron chi connectivity index (χ3n) is 5.51. The monoisotopic (exact) mass is 342 g/mol. The third-order valence-corrected chi connectivity index (χ3v) is 5.51. The maximum Gasteiger partial charge on any atom is 0.228 e. The number of pyridine rings is 1. The molecule has 1 aromatic rings. The van der Waals surface area contributed by atoms with Gasteiger partial charge in [-0.25, -0.2) is 0 Å². The van der Waals surface area contributed by atoms with Crippen molar-refractivity contribution in [3.8, 4) is 0 Å². The molecule has 4 rings (SSSR count). The minimum absolute atomic E-state index is 0.129. The van der Waals surface area contributed by atoms with E-state index in [4.69, 9.17) is 0 Å². The average Bonchev–Trinajstić information content (AvgIpc) is 3.42. The molecule has 3 heterocycles. The van der Waals surface area contributed by atoms with E-state index in [2.05, 4.69) is 9.88 Å². The van der Waals surface area contributed by atoms with Crippen LogP contribution in [0.25, 0.3) is 0 Å². The van der Waals surface area contributed by atoms with Gasteiger partial charge in [-0.3, -0.25) is 19.5 Å². The lowest BCUT2D eigenvalue weighted by molar-refractivity contribution is -0.135. The molecule has 134 valence electrons. The van der Waals surface area contributed by atoms with Gasteiger partial charge < -0.3 is 9.80 Å². The van der Waals surface area contributed by atoms with Crippen molar-refractivity contribution in [1.29, 1.82) is 0 Å². The molecule has 2 aliphatic heterocycles. The topological polar surface area (TPSA) is 56.8 Å². The summed E-state index contributed by atoms with van der Waals surface area (Å²) in [7, 11) is 0. The summed E-state index contributed by atoms with van der Waals surface area (Å²) in [5.41, 5.74) is 1.07. The molecule has 1 aromatic heterocycles. The maximum atomic E-state index is 12.9. The van der Waals surface area contributed by atoms with Crippen LogP contribution in [0, 0.1) is 5.92 Å². The van der Waals surface area contributed by atoms with Crippen molar-refractivity contribution in [2.45, 2.75) is 38.3 Å². The average molecular weight is 342 g/mol. The first-order chi connectivity index (χ1) is 12.2. The molecule has 0 N–H and O–H groups in total. The van der Waals surface area contributed by atoms with E-state index >= 15 is 0 Å². The number of aromatic nitrogens is 1. The molecule has 1 atom stereocenters. The quantitative estimate of drug-likeness (QED) is 0.823. The minimum Gasteiger partial charge on any atom is -0.341 e. The van der Waals surface area contributed by atoms with Gasteiger partial charge in [-0.15, -0.1) is 0 Å². The first kappa shape index (κ1) is 16.5. The number of rotatable bonds is 4. The summed E-state index contributed by atoms with van der Waals surface area (Å²) >= 11 is 0. The van der Waals surface area contributed by atoms with Gasteiger partial charge in [0.25, 0.3) is 0 Å². The SMILES string of the molecule is O=C(C1CC(=O)N(C2CC2)C1)N1CCCN(Cc2ccccn2)CC1. The molecule has 1 unspecified atom stereocenters. The van der Waals surface area contributed by atoms with Crippen LogP contribution in [0.15, 0.2) is 24.4 Å². The molecule has 0 bridgehead atoms. The van der Waals surface area contributed by atoms with Crippen LogP contribution in [-0.4, -0.2) is 70.3 Å². The lowest BCUT2D eigenvalue weighted by Gasteiger charge is -2.24. The predicted octanol–water partition coefficient (Wildman–Crippen LogP) is 1.13. The summed E-state index contributed by atoms with van der Waals surface area (Å²) in [6, 6.07) is 6.41. The largest absolute Gasteiger partial charge is 0.341 e. The molecule has 3 fully saturated rings. The van der Waals surface area contributed by atoms with Gasteiger partial charge in [-0.1, -0.05) is 6.07 Å². The Morgan fingerprint density at radius 1 is 1.16 bits per heavy atom. The van der Waals surface area contributed by atoms with Crippen molar-refractivity contribution in [2.24, 2.45) is 5.92 Å². The molecule has 1 aliphatic carbocycles. The van der Waals surface area contributed by atoms with Crippen molar-refractivity contribution in [1.82, 2.24) is 19.7 Å². The van der Waals surface area contributed by atoms with Gasteiger partial charge in [0.05, 0.1) is 11.6 Å². The van der Waals surface area contributed by atoms with Gasteiger partial charge in [0.15, 0.2) is 0 Å². The first-order valence-corrected chi connectivity index (χ1v) is 9.41. The number of carbonyl (C=O) groups is 2. The van der Waals surface area contributed by atoms with Crippen LogP contribution >= 0.6 is 0 Å². The molecule has 0 spiro atoms. The highest BCUT2D eigenvalue weighted by atomic mass is 16.2. The smallest absolute Gasteiger partial charge is 0.228 e. The Labute approximate surface area is 148 Å². The number of hydrogen-bond donors (Lipinski definition) is 0. The van der Waals surface area contributed by atoms with Crippen molar-refractivity contribution in [3.63, 3.8) is 0 Å². The standard InChI is InChI=1S/C19H26N4O2/c24-18-12-15(13-23(18)17-5-6-17)19(25)22-9-3-8-21(10-11-22)14-16-4-1-2-7-20-16/h1-2,4,7,15,17H,3,5-6,8-14H2. The molecule has 6 heteroatoms. The highest BCUT2D eigenvalue weighted by molar-refractivity contribution is 5.89. The summed E-state index contributed by atoms with van der Waals surface area (Å²) in [5, 5.41) is 0. The fourth-order valence-corrected chi connectivity index (χ4v) is 3.96. The number of hydrogen-bond acceptors (Lipinski definition) is 4. The second kappa shape index (κ2) is 7.12. The van der Waals surface area contributed by atoms with Gasteiger partial charge in [-0.2, -0.15) is 0 Å². The van der Waals surface area contributed by atoms with E-state index in [0.29, 0.717) is 19.0 Å². The Balaban J connectivity index is 1.31. The van der Waals surface area contributed by atoms with Crippen LogP contribution in [0.5, 0.6) is 0 Å². The van der Waals surface area contributed by atoms with Crippen molar-refractivity contribution in [3.05, 3.63) is 30.1 Å². The third kappa shape index (κ3) is 3.84. The van der Waals surface area contributed by atoms with Crippen LogP contribution in [0.4, 0.5) is 0 Å². The van der Waals surface area contributed by atoms with Crippen molar-refractivity contribution in [2.75, 3.05) is 32.7 Å². The maximum absolute atomic E-state index is 12.9. The Kier molecular flexibility index (Phi) is 4.70. The van der Waals surface area contributed by atoms with Crippen molar-refractivity contribution < 1.29 is 9.59 Å². The molecule has 25 heavy (non-hydrogen) atoms. The van der Waals surface area contributed by atoms with E-state index in [1.165, 1.54) is 0 Å². The summed E-state index contributed by atoms with van der Waals surface area (Å²) in [6.07, 6.45) is 5.43. The van der Waals surface area contributed by atoms with E-state index in [1.54, 1.807) is 0 Å². The molecule has 0 aromatic carbocycles. The Hall–Kier alpha value is -1.95. The summed E-state index contributed by atoms with van der Waals surface area (Å²) in [6.45, 7) is 4.87. The molecule has 6 nitrogen and oxygen atoms in total. The van der Waals surface area contributed by atoms with Gasteiger partial charge in [0, 0.05) is 57.9 Å². The van der Waals surface area contributed by atoms with Crippen LogP contribution < -0.4 is 0 Å². The molecular weight excluding hydrogens is 316 g/mol. The van der Waals surface area contributed by atoms with Crippen LogP contribution in [0.2, 0.25) is 0 Å². The molecule has 2 amide bonds. The number of carbonyl (C=O) groups excluding carboxylic acids is 2. The summed E-state index contributed by atoms with van der Waals surface area (Å²) in [4.78, 5) is 35.7. The Morgan fingerprint density at radius 3 is 2.80 bits per heavy atom.